The Kier molecular flexibility index (Phi) is 5.21. The van der Waals surface area contributed by atoms with Crippen LogP contribution in [-0.2, 0) is 13.1 Å². The Labute approximate surface area is 140 Å². The van der Waals surface area contributed by atoms with Crippen LogP contribution in [0.25, 0.3) is 10.8 Å². The van der Waals surface area contributed by atoms with E-state index in [2.05, 4.69) is 57.2 Å². The van der Waals surface area contributed by atoms with Crippen LogP contribution in [0, 0.1) is 0 Å². The monoisotopic (exact) mass is 324 g/mol. The average molecular weight is 324 g/mol. The Morgan fingerprint density at radius 3 is 2.87 bits per heavy atom. The van der Waals surface area contributed by atoms with E-state index in [1.807, 2.05) is 24.4 Å². The summed E-state index contributed by atoms with van der Waals surface area (Å²) in [6.45, 7) is 4.24. The van der Waals surface area contributed by atoms with Gasteiger partial charge in [0.15, 0.2) is 5.96 Å². The van der Waals surface area contributed by atoms with Gasteiger partial charge in [-0.15, -0.1) is 11.3 Å². The molecule has 0 amide bonds. The molecule has 0 aliphatic heterocycles. The predicted molar refractivity (Wildman–Crippen MR) is 97.7 cm³/mol. The van der Waals surface area contributed by atoms with Gasteiger partial charge >= 0.3 is 0 Å². The van der Waals surface area contributed by atoms with Crippen molar-refractivity contribution in [3.8, 4) is 0 Å². The maximum atomic E-state index is 4.67. The van der Waals surface area contributed by atoms with E-state index >= 15 is 0 Å². The fourth-order valence-electron chi connectivity index (χ4n) is 2.39. The summed E-state index contributed by atoms with van der Waals surface area (Å²) in [4.78, 5) is 10.4. The molecule has 0 aliphatic carbocycles. The topological polar surface area (TPSA) is 49.3 Å². The van der Waals surface area contributed by atoms with Gasteiger partial charge in [0.05, 0.1) is 18.8 Å². The van der Waals surface area contributed by atoms with Crippen molar-refractivity contribution in [3.05, 3.63) is 64.6 Å². The number of hydrogen-bond acceptors (Lipinski definition) is 3. The molecule has 0 saturated heterocycles. The van der Waals surface area contributed by atoms with Crippen molar-refractivity contribution >= 4 is 28.1 Å². The van der Waals surface area contributed by atoms with E-state index in [0.717, 1.165) is 30.1 Å². The van der Waals surface area contributed by atoms with E-state index in [-0.39, 0.29) is 0 Å². The Bertz CT molecular complexity index is 775. The van der Waals surface area contributed by atoms with Gasteiger partial charge in [0.2, 0.25) is 0 Å². The summed E-state index contributed by atoms with van der Waals surface area (Å²) < 4.78 is 0. The standard InChI is InChI=1S/C18H20N4S/c1-2-19-18(21-12-15-7-5-11-23-15)22-13-17-16-8-4-3-6-14(16)9-10-20-17/h3-11H,2,12-13H2,1H3,(H2,19,21,22). The van der Waals surface area contributed by atoms with Gasteiger partial charge in [-0.1, -0.05) is 30.3 Å². The van der Waals surface area contributed by atoms with Crippen LogP contribution in [-0.4, -0.2) is 17.5 Å². The van der Waals surface area contributed by atoms with Gasteiger partial charge in [-0.05, 0) is 29.8 Å². The van der Waals surface area contributed by atoms with Crippen LogP contribution >= 0.6 is 11.3 Å². The van der Waals surface area contributed by atoms with Gasteiger partial charge < -0.3 is 10.6 Å². The van der Waals surface area contributed by atoms with E-state index < -0.39 is 0 Å². The number of nitrogens with zero attached hydrogens (tertiary/aromatic N) is 2. The normalized spacial score (nSPS) is 11.6. The van der Waals surface area contributed by atoms with E-state index in [1.165, 1.54) is 10.3 Å². The van der Waals surface area contributed by atoms with Crippen LogP contribution in [0.4, 0.5) is 0 Å². The molecule has 0 unspecified atom stereocenters. The van der Waals surface area contributed by atoms with Crippen molar-refractivity contribution in [3.63, 3.8) is 0 Å². The smallest absolute Gasteiger partial charge is 0.191 e. The summed E-state index contributed by atoms with van der Waals surface area (Å²) in [5.74, 6) is 0.815. The van der Waals surface area contributed by atoms with Crippen LogP contribution in [0.5, 0.6) is 0 Å². The number of hydrogen-bond donors (Lipinski definition) is 2. The summed E-state index contributed by atoms with van der Waals surface area (Å²) in [6, 6.07) is 14.5. The summed E-state index contributed by atoms with van der Waals surface area (Å²) in [5, 5.41) is 11.1. The molecule has 2 heterocycles. The minimum Gasteiger partial charge on any atom is -0.357 e. The molecule has 0 bridgehead atoms. The number of rotatable bonds is 5. The van der Waals surface area contributed by atoms with Gasteiger partial charge in [-0.25, -0.2) is 4.99 Å². The van der Waals surface area contributed by atoms with Gasteiger partial charge in [0.25, 0.3) is 0 Å². The molecule has 0 spiro atoms. The molecule has 4 nitrogen and oxygen atoms in total. The Hall–Kier alpha value is -2.40. The van der Waals surface area contributed by atoms with Crippen molar-refractivity contribution in [2.45, 2.75) is 20.0 Å². The quantitative estimate of drug-likeness (QED) is 0.557. The minimum absolute atomic E-state index is 0.557. The highest BCUT2D eigenvalue weighted by atomic mass is 32.1. The average Bonchev–Trinajstić information content (AvgIpc) is 3.11. The van der Waals surface area contributed by atoms with Crippen molar-refractivity contribution < 1.29 is 0 Å². The highest BCUT2D eigenvalue weighted by Gasteiger charge is 2.03. The van der Waals surface area contributed by atoms with E-state index in [4.69, 9.17) is 0 Å². The second-order valence-corrected chi connectivity index (χ2v) is 6.14. The molecule has 23 heavy (non-hydrogen) atoms. The third kappa shape index (κ3) is 4.07. The molecule has 3 rings (SSSR count). The molecule has 0 aliphatic rings. The number of aliphatic imine (C=N–C) groups is 1. The highest BCUT2D eigenvalue weighted by molar-refractivity contribution is 7.09. The first-order valence-corrected chi connectivity index (χ1v) is 8.62. The minimum atomic E-state index is 0.557. The molecular formula is C18H20N4S. The summed E-state index contributed by atoms with van der Waals surface area (Å²) >= 11 is 1.74. The lowest BCUT2D eigenvalue weighted by Gasteiger charge is -2.10. The summed E-state index contributed by atoms with van der Waals surface area (Å²) in [6.07, 6.45) is 1.85. The molecular weight excluding hydrogens is 304 g/mol. The number of pyridine rings is 1. The van der Waals surface area contributed by atoms with Crippen molar-refractivity contribution in [1.29, 1.82) is 0 Å². The number of fused-ring (bicyclic) bond motifs is 1. The molecule has 2 N–H and O–H groups in total. The largest absolute Gasteiger partial charge is 0.357 e. The number of thiophene rings is 1. The molecule has 0 saturated carbocycles. The number of benzene rings is 1. The van der Waals surface area contributed by atoms with Crippen LogP contribution in [0.3, 0.4) is 0 Å². The van der Waals surface area contributed by atoms with Crippen LogP contribution in [0.2, 0.25) is 0 Å². The van der Waals surface area contributed by atoms with Gasteiger partial charge in [-0.3, -0.25) is 4.98 Å². The second-order valence-electron chi connectivity index (χ2n) is 5.11. The van der Waals surface area contributed by atoms with Gasteiger partial charge in [0.1, 0.15) is 0 Å². The Morgan fingerprint density at radius 1 is 1.13 bits per heavy atom. The predicted octanol–water partition coefficient (Wildman–Crippen LogP) is 3.55. The van der Waals surface area contributed by atoms with Crippen LogP contribution in [0.15, 0.2) is 59.0 Å². The third-order valence-electron chi connectivity index (χ3n) is 3.50. The second kappa shape index (κ2) is 7.74. The first kappa shape index (κ1) is 15.5. The lowest BCUT2D eigenvalue weighted by molar-refractivity contribution is 0.820. The number of guanidine groups is 1. The zero-order chi connectivity index (χ0) is 15.9. The van der Waals surface area contributed by atoms with E-state index in [9.17, 15) is 0 Å². The fraction of sp³-hybridized carbons (Fsp3) is 0.222. The molecule has 0 radical (unpaired) electrons. The van der Waals surface area contributed by atoms with Crippen LogP contribution < -0.4 is 10.6 Å². The molecule has 0 atom stereocenters. The zero-order valence-corrected chi connectivity index (χ0v) is 13.9. The number of aromatic nitrogens is 1. The summed E-state index contributed by atoms with van der Waals surface area (Å²) in [5.41, 5.74) is 0.997. The molecule has 2 aromatic heterocycles. The van der Waals surface area contributed by atoms with Crippen molar-refractivity contribution in [1.82, 2.24) is 15.6 Å². The fourth-order valence-corrected chi connectivity index (χ4v) is 3.03. The lowest BCUT2D eigenvalue weighted by Crippen LogP contribution is -2.36. The third-order valence-corrected chi connectivity index (χ3v) is 4.37. The molecule has 0 fully saturated rings. The van der Waals surface area contributed by atoms with Crippen molar-refractivity contribution in [2.75, 3.05) is 6.54 Å². The summed E-state index contributed by atoms with van der Waals surface area (Å²) in [7, 11) is 0. The SMILES string of the molecule is CCNC(=NCc1nccc2ccccc12)NCc1cccs1. The lowest BCUT2D eigenvalue weighted by atomic mass is 10.1. The first-order valence-electron chi connectivity index (χ1n) is 7.74. The molecule has 1 aromatic carbocycles. The maximum Gasteiger partial charge on any atom is 0.191 e. The van der Waals surface area contributed by atoms with Gasteiger partial charge in [-0.2, -0.15) is 0 Å². The first-order chi connectivity index (χ1) is 11.4. The Morgan fingerprint density at radius 2 is 2.04 bits per heavy atom. The van der Waals surface area contributed by atoms with Crippen LogP contribution in [0.1, 0.15) is 17.5 Å². The van der Waals surface area contributed by atoms with Gasteiger partial charge in [0, 0.05) is 23.0 Å². The molecule has 118 valence electrons. The number of nitrogens with one attached hydrogen (secondary N) is 2. The zero-order valence-electron chi connectivity index (χ0n) is 13.1. The highest BCUT2D eigenvalue weighted by Crippen LogP contribution is 2.16. The van der Waals surface area contributed by atoms with E-state index in [1.54, 1.807) is 11.3 Å². The maximum absolute atomic E-state index is 4.67. The Balaban J connectivity index is 1.74. The van der Waals surface area contributed by atoms with Crippen molar-refractivity contribution in [2.24, 2.45) is 4.99 Å². The molecule has 3 aromatic rings. The molecule has 5 heteroatoms. The van der Waals surface area contributed by atoms with E-state index in [0.29, 0.717) is 6.54 Å².